The maximum absolute atomic E-state index is 15.1. The second kappa shape index (κ2) is 27.3. The number of hydrogen-bond donors (Lipinski definition) is 8. The van der Waals surface area contributed by atoms with E-state index in [-0.39, 0.29) is 69.2 Å². The van der Waals surface area contributed by atoms with Gasteiger partial charge in [-0.25, -0.2) is 13.6 Å². The highest BCUT2D eigenvalue weighted by molar-refractivity contribution is 6.12. The number of unbranched alkanes of at least 4 members (excludes halogenated alkanes) is 2. The van der Waals surface area contributed by atoms with Crippen LogP contribution in [0.15, 0.2) is 72.9 Å². The van der Waals surface area contributed by atoms with Crippen molar-refractivity contribution in [2.45, 2.75) is 103 Å². The number of nitrogens with zero attached hydrogens (tertiary/aromatic N) is 3. The highest BCUT2D eigenvalue weighted by atomic mass is 19.1. The Bertz CT molecular complexity index is 2440. The SMILES string of the molecule is CC(NC(=O)CNC(=O)CCCCCN1C(=O)C=CC1=O)C(=O)NC(CCC(=O)NCCNC(=O)C(N)CCN(C(=O)CO)C(c1cc(-c2cc(F)ccc2F)cn1Cc1ccccc1)C(C)(C)C)C(=O)O. The predicted molar refractivity (Wildman–Crippen MR) is 259 cm³/mol. The topological polar surface area (TPSA) is 292 Å². The maximum atomic E-state index is 15.1. The number of aliphatic hydroxyl groups is 1. The number of nitrogens with one attached hydrogen (secondary N) is 5. The molecule has 22 heteroatoms. The molecular weight excluding hydrogens is 941 g/mol. The number of aliphatic carboxylic acids is 1. The first-order valence-corrected chi connectivity index (χ1v) is 23.6. The average Bonchev–Trinajstić information content (AvgIpc) is 3.89. The van der Waals surface area contributed by atoms with Gasteiger partial charge in [0.15, 0.2) is 0 Å². The van der Waals surface area contributed by atoms with Gasteiger partial charge in [-0.1, -0.05) is 57.5 Å². The van der Waals surface area contributed by atoms with Crippen molar-refractivity contribution in [3.63, 3.8) is 0 Å². The van der Waals surface area contributed by atoms with Crippen LogP contribution in [0.3, 0.4) is 0 Å². The number of halogens is 2. The zero-order chi connectivity index (χ0) is 53.1. The van der Waals surface area contributed by atoms with E-state index in [4.69, 9.17) is 5.73 Å². The zero-order valence-corrected chi connectivity index (χ0v) is 40.9. The molecule has 2 heterocycles. The van der Waals surface area contributed by atoms with Crippen LogP contribution in [-0.2, 0) is 49.7 Å². The maximum Gasteiger partial charge on any atom is 0.326 e. The standard InChI is InChI=1S/C50H65F2N9O11/c1-31(57-42(65)27-56-40(63)13-9-6-10-23-60-43(66)18-19-44(60)67)47(69)58-38(49(71)72)16-17-41(64)54-21-22-55-48(70)37(53)20-24-61(45(68)30-62)46(50(2,3)4)39-25-33(35-26-34(51)14-15-36(35)52)29-59(39)28-32-11-7-5-8-12-32/h5,7-8,11-12,14-15,18-19,25-26,29,31,37-38,46,62H,6,9-10,13,16-17,20-24,27-28,30,53H2,1-4H3,(H,54,64)(H,55,70)(H,56,63)(H,57,65)(H,58,69)(H,71,72). The quantitative estimate of drug-likeness (QED) is 0.0382. The van der Waals surface area contributed by atoms with Crippen LogP contribution in [0, 0.1) is 17.0 Å². The Labute approximate surface area is 416 Å². The molecule has 9 N–H and O–H groups in total. The van der Waals surface area contributed by atoms with Crippen LogP contribution in [-0.4, -0.2) is 135 Å². The van der Waals surface area contributed by atoms with Crippen LogP contribution in [0.5, 0.6) is 0 Å². The van der Waals surface area contributed by atoms with Crippen LogP contribution in [0.4, 0.5) is 8.78 Å². The van der Waals surface area contributed by atoms with Crippen molar-refractivity contribution < 1.29 is 62.1 Å². The Hall–Kier alpha value is -7.33. The summed E-state index contributed by atoms with van der Waals surface area (Å²) in [5, 5.41) is 32.1. The van der Waals surface area contributed by atoms with E-state index in [1.807, 2.05) is 55.7 Å². The van der Waals surface area contributed by atoms with E-state index in [1.165, 1.54) is 24.0 Å². The molecule has 0 radical (unpaired) electrons. The molecule has 4 atom stereocenters. The van der Waals surface area contributed by atoms with Crippen molar-refractivity contribution in [2.75, 3.05) is 39.3 Å². The summed E-state index contributed by atoms with van der Waals surface area (Å²) in [6, 6.07) is 9.60. The van der Waals surface area contributed by atoms with Gasteiger partial charge in [-0.05, 0) is 67.9 Å². The number of aliphatic hydroxyl groups excluding tert-OH is 1. The van der Waals surface area contributed by atoms with Crippen molar-refractivity contribution >= 4 is 53.2 Å². The Morgan fingerprint density at radius 1 is 0.792 bits per heavy atom. The van der Waals surface area contributed by atoms with Crippen molar-refractivity contribution in [1.82, 2.24) is 41.0 Å². The molecule has 0 saturated heterocycles. The van der Waals surface area contributed by atoms with Gasteiger partial charge in [-0.2, -0.15) is 0 Å². The number of carbonyl (C=O) groups is 9. The minimum absolute atomic E-state index is 0.0187. The lowest BCUT2D eigenvalue weighted by atomic mass is 9.82. The Balaban J connectivity index is 1.22. The largest absolute Gasteiger partial charge is 0.480 e. The summed E-state index contributed by atoms with van der Waals surface area (Å²) in [7, 11) is 0. The number of carbonyl (C=O) groups excluding carboxylic acids is 8. The number of imide groups is 1. The number of rotatable bonds is 28. The number of amides is 8. The molecule has 1 aliphatic rings. The Morgan fingerprint density at radius 2 is 1.46 bits per heavy atom. The van der Waals surface area contributed by atoms with Gasteiger partial charge in [0, 0.05) is 80.7 Å². The van der Waals surface area contributed by atoms with E-state index >= 15 is 4.39 Å². The fraction of sp³-hybridized carbons (Fsp3) is 0.460. The number of carboxylic acids is 1. The summed E-state index contributed by atoms with van der Waals surface area (Å²) in [6.45, 7) is 5.94. The summed E-state index contributed by atoms with van der Waals surface area (Å²) in [5.41, 5.74) is 7.41. The molecule has 2 aromatic carbocycles. The van der Waals surface area contributed by atoms with Gasteiger partial charge < -0.3 is 52.0 Å². The van der Waals surface area contributed by atoms with Crippen LogP contribution in [0.25, 0.3) is 11.1 Å². The van der Waals surface area contributed by atoms with E-state index < -0.39 is 95.8 Å². The number of aromatic nitrogens is 1. The predicted octanol–water partition coefficient (Wildman–Crippen LogP) is 1.80. The molecule has 1 aliphatic heterocycles. The van der Waals surface area contributed by atoms with Gasteiger partial charge in [0.2, 0.25) is 35.4 Å². The molecule has 4 rings (SSSR count). The first kappa shape index (κ1) is 57.3. The molecule has 0 aliphatic carbocycles. The van der Waals surface area contributed by atoms with Gasteiger partial charge in [-0.3, -0.25) is 43.3 Å². The molecule has 4 unspecified atom stereocenters. The highest BCUT2D eigenvalue weighted by Crippen LogP contribution is 2.41. The average molecular weight is 1010 g/mol. The molecule has 8 amide bonds. The van der Waals surface area contributed by atoms with Crippen molar-refractivity contribution in [2.24, 2.45) is 11.1 Å². The van der Waals surface area contributed by atoms with E-state index in [9.17, 15) is 57.8 Å². The summed E-state index contributed by atoms with van der Waals surface area (Å²) < 4.78 is 31.3. The summed E-state index contributed by atoms with van der Waals surface area (Å²) in [5.74, 6) is -7.34. The second-order valence-electron chi connectivity index (χ2n) is 18.4. The Kier molecular flexibility index (Phi) is 21.7. The summed E-state index contributed by atoms with van der Waals surface area (Å²) in [6.07, 6.45) is 4.94. The number of benzene rings is 2. The first-order chi connectivity index (χ1) is 34.1. The second-order valence-corrected chi connectivity index (χ2v) is 18.4. The molecule has 0 spiro atoms. The first-order valence-electron chi connectivity index (χ1n) is 23.6. The van der Waals surface area contributed by atoms with Crippen LogP contribution in [0.1, 0.15) is 89.9 Å². The van der Waals surface area contributed by atoms with Gasteiger partial charge in [0.25, 0.3) is 11.8 Å². The van der Waals surface area contributed by atoms with Gasteiger partial charge in [0.1, 0.15) is 30.3 Å². The molecule has 0 fully saturated rings. The van der Waals surface area contributed by atoms with Crippen LogP contribution in [0.2, 0.25) is 0 Å². The van der Waals surface area contributed by atoms with Crippen molar-refractivity contribution in [1.29, 1.82) is 0 Å². The van der Waals surface area contributed by atoms with Crippen LogP contribution < -0.4 is 32.3 Å². The molecular formula is C50H65F2N9O11. The lowest BCUT2D eigenvalue weighted by Crippen LogP contribution is -2.52. The smallest absolute Gasteiger partial charge is 0.326 e. The monoisotopic (exact) mass is 1010 g/mol. The minimum Gasteiger partial charge on any atom is -0.480 e. The normalized spacial score (nSPS) is 14.0. The van der Waals surface area contributed by atoms with Crippen LogP contribution >= 0.6 is 0 Å². The van der Waals surface area contributed by atoms with E-state index in [0.717, 1.165) is 28.7 Å². The van der Waals surface area contributed by atoms with Crippen molar-refractivity contribution in [3.05, 3.63) is 95.8 Å². The minimum atomic E-state index is -1.50. The van der Waals surface area contributed by atoms with Gasteiger partial charge in [0.05, 0.1) is 18.6 Å². The number of carboxylic acid groups (broad SMARTS) is 1. The van der Waals surface area contributed by atoms with Gasteiger partial charge >= 0.3 is 5.97 Å². The molecule has 1 aromatic heterocycles. The van der Waals surface area contributed by atoms with E-state index in [1.54, 1.807) is 12.3 Å². The fourth-order valence-corrected chi connectivity index (χ4v) is 7.96. The highest BCUT2D eigenvalue weighted by Gasteiger charge is 2.37. The van der Waals surface area contributed by atoms with Gasteiger partial charge in [-0.15, -0.1) is 0 Å². The zero-order valence-electron chi connectivity index (χ0n) is 40.9. The lowest BCUT2D eigenvalue weighted by Gasteiger charge is -2.41. The van der Waals surface area contributed by atoms with Crippen molar-refractivity contribution in [3.8, 4) is 11.1 Å². The van der Waals surface area contributed by atoms with E-state index in [2.05, 4.69) is 26.6 Å². The molecule has 0 bridgehead atoms. The third kappa shape index (κ3) is 17.5. The molecule has 0 saturated carbocycles. The molecule has 3 aromatic rings. The Morgan fingerprint density at radius 3 is 2.11 bits per heavy atom. The third-order valence-electron chi connectivity index (χ3n) is 11.7. The lowest BCUT2D eigenvalue weighted by molar-refractivity contribution is -0.142. The summed E-state index contributed by atoms with van der Waals surface area (Å²) in [4.78, 5) is 114. The molecule has 72 heavy (non-hydrogen) atoms. The van der Waals surface area contributed by atoms with E-state index in [0.29, 0.717) is 37.1 Å². The number of hydrogen-bond acceptors (Lipinski definition) is 11. The molecule has 20 nitrogen and oxygen atoms in total. The fourth-order valence-electron chi connectivity index (χ4n) is 7.96. The summed E-state index contributed by atoms with van der Waals surface area (Å²) >= 11 is 0. The molecule has 390 valence electrons. The third-order valence-corrected chi connectivity index (χ3v) is 11.7. The number of nitrogens with two attached hydrogens (primary N) is 1.